The average Bonchev–Trinajstić information content (AvgIpc) is 2.78. The van der Waals surface area contributed by atoms with E-state index in [1.54, 1.807) is 0 Å². The van der Waals surface area contributed by atoms with Crippen LogP contribution in [0, 0.1) is 13.8 Å². The summed E-state index contributed by atoms with van der Waals surface area (Å²) in [5, 5.41) is 0. The van der Waals surface area contributed by atoms with Crippen LogP contribution in [-0.2, 0) is 11.3 Å². The molecule has 0 aliphatic carbocycles. The molecular formula is C20H23NO2. The van der Waals surface area contributed by atoms with Crippen molar-refractivity contribution < 1.29 is 9.53 Å². The second-order valence-electron chi connectivity index (χ2n) is 6.16. The maximum atomic E-state index is 12.1. The zero-order valence-electron chi connectivity index (χ0n) is 14.1. The van der Waals surface area contributed by atoms with Crippen LogP contribution >= 0.6 is 0 Å². The van der Waals surface area contributed by atoms with Crippen molar-refractivity contribution >= 4 is 5.91 Å². The van der Waals surface area contributed by atoms with Gasteiger partial charge in [-0.3, -0.25) is 4.79 Å². The summed E-state index contributed by atoms with van der Waals surface area (Å²) in [4.78, 5) is 13.9. The molecule has 120 valence electrons. The van der Waals surface area contributed by atoms with Crippen LogP contribution in [0.5, 0.6) is 5.75 Å². The van der Waals surface area contributed by atoms with Gasteiger partial charge >= 0.3 is 0 Å². The van der Waals surface area contributed by atoms with Crippen LogP contribution in [0.15, 0.2) is 36.4 Å². The molecule has 1 aliphatic rings. The molecule has 0 saturated carbocycles. The van der Waals surface area contributed by atoms with Crippen LogP contribution in [0.4, 0.5) is 0 Å². The number of carbonyl (C=O) groups excluding carboxylic acids is 1. The Hall–Kier alpha value is -2.29. The van der Waals surface area contributed by atoms with E-state index < -0.39 is 0 Å². The maximum Gasteiger partial charge on any atom is 0.222 e. The van der Waals surface area contributed by atoms with Gasteiger partial charge in [-0.2, -0.15) is 0 Å². The molecule has 23 heavy (non-hydrogen) atoms. The van der Waals surface area contributed by atoms with E-state index in [0.29, 0.717) is 26.1 Å². The van der Waals surface area contributed by atoms with Crippen molar-refractivity contribution in [1.82, 2.24) is 4.90 Å². The number of aryl methyl sites for hydroxylation is 2. The van der Waals surface area contributed by atoms with Crippen molar-refractivity contribution in [1.29, 1.82) is 0 Å². The first kappa shape index (κ1) is 15.6. The zero-order valence-corrected chi connectivity index (χ0v) is 14.1. The summed E-state index contributed by atoms with van der Waals surface area (Å²) < 4.78 is 5.82. The monoisotopic (exact) mass is 309 g/mol. The Morgan fingerprint density at radius 2 is 2.00 bits per heavy atom. The molecule has 3 rings (SSSR count). The largest absolute Gasteiger partial charge is 0.491 e. The second kappa shape index (κ2) is 6.45. The van der Waals surface area contributed by atoms with Gasteiger partial charge in [-0.1, -0.05) is 36.8 Å². The van der Waals surface area contributed by atoms with Crippen molar-refractivity contribution in [2.24, 2.45) is 0 Å². The maximum absolute atomic E-state index is 12.1. The summed E-state index contributed by atoms with van der Waals surface area (Å²) in [7, 11) is 0. The van der Waals surface area contributed by atoms with Gasteiger partial charge in [0.1, 0.15) is 12.4 Å². The Bertz CT molecular complexity index is 736. The fraction of sp³-hybridized carbons (Fsp3) is 0.350. The molecular weight excluding hydrogens is 286 g/mol. The lowest BCUT2D eigenvalue weighted by molar-refractivity contribution is -0.131. The molecule has 2 aromatic rings. The smallest absolute Gasteiger partial charge is 0.222 e. The lowest BCUT2D eigenvalue weighted by Gasteiger charge is -2.19. The van der Waals surface area contributed by atoms with Crippen LogP contribution in [0.25, 0.3) is 11.1 Å². The van der Waals surface area contributed by atoms with Crippen LogP contribution in [-0.4, -0.2) is 24.0 Å². The van der Waals surface area contributed by atoms with Crippen molar-refractivity contribution in [2.45, 2.75) is 33.7 Å². The standard InChI is InChI=1S/C20H23NO2/c1-4-20(22)21-9-10-23-19-8-7-16(12-17(19)13-21)18-11-14(2)5-6-15(18)3/h5-8,11-12H,4,9-10,13H2,1-3H3. The van der Waals surface area contributed by atoms with Crippen molar-refractivity contribution in [3.05, 3.63) is 53.1 Å². The summed E-state index contributed by atoms with van der Waals surface area (Å²) in [5.74, 6) is 1.07. The first-order valence-corrected chi connectivity index (χ1v) is 8.19. The van der Waals surface area contributed by atoms with Crippen LogP contribution < -0.4 is 4.74 Å². The molecule has 0 unspecified atom stereocenters. The number of rotatable bonds is 2. The molecule has 0 N–H and O–H groups in total. The van der Waals surface area contributed by atoms with Gasteiger partial charge in [0, 0.05) is 18.5 Å². The van der Waals surface area contributed by atoms with E-state index in [0.717, 1.165) is 11.3 Å². The molecule has 0 aromatic heterocycles. The minimum atomic E-state index is 0.179. The van der Waals surface area contributed by atoms with Gasteiger partial charge in [-0.15, -0.1) is 0 Å². The van der Waals surface area contributed by atoms with Gasteiger partial charge in [0.15, 0.2) is 0 Å². The van der Waals surface area contributed by atoms with Crippen molar-refractivity contribution in [3.8, 4) is 16.9 Å². The van der Waals surface area contributed by atoms with Gasteiger partial charge in [0.2, 0.25) is 5.91 Å². The number of amides is 1. The SMILES string of the molecule is CCC(=O)N1CCOc2ccc(-c3cc(C)ccc3C)cc2C1. The van der Waals surface area contributed by atoms with Gasteiger partial charge in [-0.25, -0.2) is 0 Å². The van der Waals surface area contributed by atoms with E-state index in [1.165, 1.54) is 22.3 Å². The number of benzene rings is 2. The summed E-state index contributed by atoms with van der Waals surface area (Å²) in [6, 6.07) is 12.8. The van der Waals surface area contributed by atoms with Gasteiger partial charge in [-0.05, 0) is 42.7 Å². The zero-order chi connectivity index (χ0) is 16.4. The van der Waals surface area contributed by atoms with Crippen molar-refractivity contribution in [2.75, 3.05) is 13.2 Å². The second-order valence-corrected chi connectivity index (χ2v) is 6.16. The Kier molecular flexibility index (Phi) is 4.37. The highest BCUT2D eigenvalue weighted by Gasteiger charge is 2.19. The fourth-order valence-electron chi connectivity index (χ4n) is 3.05. The third-order valence-electron chi connectivity index (χ3n) is 4.40. The predicted molar refractivity (Wildman–Crippen MR) is 92.6 cm³/mol. The highest BCUT2D eigenvalue weighted by Crippen LogP contribution is 2.31. The molecule has 0 fully saturated rings. The Morgan fingerprint density at radius 3 is 2.78 bits per heavy atom. The number of hydrogen-bond acceptors (Lipinski definition) is 2. The van der Waals surface area contributed by atoms with E-state index in [9.17, 15) is 4.79 Å². The molecule has 0 atom stereocenters. The average molecular weight is 309 g/mol. The summed E-state index contributed by atoms with van der Waals surface area (Å²) in [6.45, 7) is 7.98. The molecule has 3 nitrogen and oxygen atoms in total. The van der Waals surface area contributed by atoms with Gasteiger partial charge < -0.3 is 9.64 Å². The number of nitrogens with zero attached hydrogens (tertiary/aromatic N) is 1. The number of carbonyl (C=O) groups is 1. The predicted octanol–water partition coefficient (Wildman–Crippen LogP) is 4.10. The summed E-state index contributed by atoms with van der Waals surface area (Å²) in [6.07, 6.45) is 0.534. The topological polar surface area (TPSA) is 29.5 Å². The third-order valence-corrected chi connectivity index (χ3v) is 4.40. The molecule has 0 spiro atoms. The van der Waals surface area contributed by atoms with E-state index >= 15 is 0 Å². The lowest BCUT2D eigenvalue weighted by Crippen LogP contribution is -2.31. The Balaban J connectivity index is 1.99. The van der Waals surface area contributed by atoms with Gasteiger partial charge in [0.05, 0.1) is 6.54 Å². The Morgan fingerprint density at radius 1 is 1.17 bits per heavy atom. The van der Waals surface area contributed by atoms with Gasteiger partial charge in [0.25, 0.3) is 0 Å². The van der Waals surface area contributed by atoms with Crippen LogP contribution in [0.3, 0.4) is 0 Å². The van der Waals surface area contributed by atoms with E-state index in [4.69, 9.17) is 4.74 Å². The highest BCUT2D eigenvalue weighted by molar-refractivity contribution is 5.76. The molecule has 0 saturated heterocycles. The molecule has 1 amide bonds. The van der Waals surface area contributed by atoms with E-state index in [-0.39, 0.29) is 5.91 Å². The summed E-state index contributed by atoms with van der Waals surface area (Å²) in [5.41, 5.74) is 6.01. The molecule has 2 aromatic carbocycles. The molecule has 3 heteroatoms. The highest BCUT2D eigenvalue weighted by atomic mass is 16.5. The quantitative estimate of drug-likeness (QED) is 0.836. The van der Waals surface area contributed by atoms with Crippen LogP contribution in [0.1, 0.15) is 30.0 Å². The number of ether oxygens (including phenoxy) is 1. The minimum Gasteiger partial charge on any atom is -0.491 e. The van der Waals surface area contributed by atoms with E-state index in [1.807, 2.05) is 17.9 Å². The first-order valence-electron chi connectivity index (χ1n) is 8.19. The number of hydrogen-bond donors (Lipinski definition) is 0. The fourth-order valence-corrected chi connectivity index (χ4v) is 3.05. The molecule has 0 bridgehead atoms. The third kappa shape index (κ3) is 3.24. The normalized spacial score (nSPS) is 14.0. The number of fused-ring (bicyclic) bond motifs is 1. The lowest BCUT2D eigenvalue weighted by atomic mass is 9.96. The van der Waals surface area contributed by atoms with Crippen LogP contribution in [0.2, 0.25) is 0 Å². The van der Waals surface area contributed by atoms with E-state index in [2.05, 4.69) is 44.2 Å². The molecule has 1 aliphatic heterocycles. The first-order chi connectivity index (χ1) is 11.1. The van der Waals surface area contributed by atoms with Crippen molar-refractivity contribution in [3.63, 3.8) is 0 Å². The molecule has 1 heterocycles. The molecule has 0 radical (unpaired) electrons. The summed E-state index contributed by atoms with van der Waals surface area (Å²) >= 11 is 0. The Labute approximate surface area is 137 Å². The minimum absolute atomic E-state index is 0.179.